The standard InChI is InChI=1S/C20H29N3O2/c1-19(2,3)25-16-6-4-13(5-7-16)11-23-12-15-8-14-9-17(23)20(15,18(21)24)22-10-14/h4-7,14-15,17,22H,8-12H2,1-3H3,(H2,21,24). The minimum absolute atomic E-state index is 0.169. The van der Waals surface area contributed by atoms with Crippen LogP contribution >= 0.6 is 0 Å². The van der Waals surface area contributed by atoms with Gasteiger partial charge in [0.2, 0.25) is 5.91 Å². The third kappa shape index (κ3) is 2.83. The van der Waals surface area contributed by atoms with Gasteiger partial charge in [-0.25, -0.2) is 0 Å². The summed E-state index contributed by atoms with van der Waals surface area (Å²) in [7, 11) is 0. The number of nitrogens with zero attached hydrogens (tertiary/aromatic N) is 1. The zero-order valence-electron chi connectivity index (χ0n) is 15.4. The van der Waals surface area contributed by atoms with Crippen molar-refractivity contribution in [3.63, 3.8) is 0 Å². The van der Waals surface area contributed by atoms with Crippen LogP contribution in [0.3, 0.4) is 0 Å². The number of piperidine rings is 2. The fraction of sp³-hybridized carbons (Fsp3) is 0.650. The van der Waals surface area contributed by atoms with Gasteiger partial charge in [0, 0.05) is 25.0 Å². The van der Waals surface area contributed by atoms with Gasteiger partial charge in [0.25, 0.3) is 0 Å². The molecule has 0 radical (unpaired) electrons. The van der Waals surface area contributed by atoms with Gasteiger partial charge in [-0.1, -0.05) is 12.1 Å². The van der Waals surface area contributed by atoms with Gasteiger partial charge in [-0.15, -0.1) is 0 Å². The molecule has 25 heavy (non-hydrogen) atoms. The quantitative estimate of drug-likeness (QED) is 0.876. The molecule has 1 saturated carbocycles. The van der Waals surface area contributed by atoms with Crippen LogP contribution in [-0.4, -0.2) is 41.1 Å². The zero-order valence-corrected chi connectivity index (χ0v) is 15.4. The largest absolute Gasteiger partial charge is 0.488 e. The summed E-state index contributed by atoms with van der Waals surface area (Å²) in [4.78, 5) is 14.7. The molecule has 4 bridgehead atoms. The van der Waals surface area contributed by atoms with Crippen molar-refractivity contribution < 1.29 is 9.53 Å². The van der Waals surface area contributed by atoms with Gasteiger partial charge in [0.1, 0.15) is 16.9 Å². The third-order valence-corrected chi connectivity index (χ3v) is 6.06. The van der Waals surface area contributed by atoms with Crippen LogP contribution in [0.1, 0.15) is 39.2 Å². The van der Waals surface area contributed by atoms with Gasteiger partial charge in [-0.05, 0) is 63.8 Å². The van der Waals surface area contributed by atoms with Crippen molar-refractivity contribution in [2.24, 2.45) is 17.6 Å². The molecule has 5 heteroatoms. The average Bonchev–Trinajstić information content (AvgIpc) is 2.75. The first kappa shape index (κ1) is 16.9. The molecular weight excluding hydrogens is 314 g/mol. The van der Waals surface area contributed by atoms with Crippen molar-refractivity contribution in [2.75, 3.05) is 13.1 Å². The molecule has 5 rings (SSSR count). The highest BCUT2D eigenvalue weighted by Crippen LogP contribution is 2.49. The molecule has 3 aliphatic heterocycles. The van der Waals surface area contributed by atoms with E-state index in [9.17, 15) is 4.79 Å². The topological polar surface area (TPSA) is 67.6 Å². The highest BCUT2D eigenvalue weighted by Gasteiger charge is 2.63. The van der Waals surface area contributed by atoms with E-state index in [0.717, 1.165) is 38.2 Å². The molecule has 0 aromatic heterocycles. The molecule has 4 aliphatic rings. The van der Waals surface area contributed by atoms with E-state index in [1.165, 1.54) is 5.56 Å². The number of likely N-dealkylation sites (tertiary alicyclic amines) is 1. The van der Waals surface area contributed by atoms with Crippen LogP contribution in [0.25, 0.3) is 0 Å². The fourth-order valence-electron chi connectivity index (χ4n) is 5.14. The number of fused-ring (bicyclic) bond motifs is 1. The Hall–Kier alpha value is -1.59. The van der Waals surface area contributed by atoms with Gasteiger partial charge >= 0.3 is 0 Å². The number of nitrogens with one attached hydrogen (secondary N) is 1. The van der Waals surface area contributed by atoms with E-state index in [0.29, 0.717) is 11.8 Å². The minimum Gasteiger partial charge on any atom is -0.488 e. The highest BCUT2D eigenvalue weighted by atomic mass is 16.5. The molecule has 3 N–H and O–H groups in total. The lowest BCUT2D eigenvalue weighted by atomic mass is 9.64. The predicted octanol–water partition coefficient (Wildman–Crippen LogP) is 1.90. The highest BCUT2D eigenvalue weighted by molar-refractivity contribution is 5.87. The Bertz CT molecular complexity index is 667. The number of hydrogen-bond acceptors (Lipinski definition) is 4. The molecule has 136 valence electrons. The van der Waals surface area contributed by atoms with E-state index in [1.54, 1.807) is 0 Å². The SMILES string of the molecule is CC(C)(C)Oc1ccc(CN2CC3CC4CNC3(C(N)=O)C2C4)cc1. The predicted molar refractivity (Wildman–Crippen MR) is 97.2 cm³/mol. The Labute approximate surface area is 149 Å². The van der Waals surface area contributed by atoms with E-state index in [-0.39, 0.29) is 17.6 Å². The first-order chi connectivity index (χ1) is 11.8. The van der Waals surface area contributed by atoms with Crippen molar-refractivity contribution in [1.29, 1.82) is 0 Å². The number of nitrogens with two attached hydrogens (primary N) is 1. The van der Waals surface area contributed by atoms with Crippen LogP contribution in [0.15, 0.2) is 24.3 Å². The Kier molecular flexibility index (Phi) is 3.85. The number of rotatable bonds is 4. The summed E-state index contributed by atoms with van der Waals surface area (Å²) in [6.07, 6.45) is 2.21. The molecule has 1 aliphatic carbocycles. The number of carbonyl (C=O) groups excluding carboxylic acids is 1. The Balaban J connectivity index is 1.50. The monoisotopic (exact) mass is 343 g/mol. The first-order valence-electron chi connectivity index (χ1n) is 9.35. The molecule has 1 aromatic carbocycles. The summed E-state index contributed by atoms with van der Waals surface area (Å²) in [6, 6.07) is 8.57. The van der Waals surface area contributed by atoms with Crippen molar-refractivity contribution in [2.45, 2.75) is 57.3 Å². The minimum atomic E-state index is -0.510. The van der Waals surface area contributed by atoms with E-state index >= 15 is 0 Å². The van der Waals surface area contributed by atoms with E-state index < -0.39 is 5.54 Å². The average molecular weight is 343 g/mol. The molecule has 3 heterocycles. The first-order valence-corrected chi connectivity index (χ1v) is 9.35. The summed E-state index contributed by atoms with van der Waals surface area (Å²) in [6.45, 7) is 8.91. The molecule has 1 amide bonds. The molecule has 4 fully saturated rings. The second-order valence-corrected chi connectivity index (χ2v) is 8.95. The molecule has 3 saturated heterocycles. The maximum absolute atomic E-state index is 12.3. The van der Waals surface area contributed by atoms with Crippen molar-refractivity contribution in [1.82, 2.24) is 10.2 Å². The van der Waals surface area contributed by atoms with Gasteiger partial charge in [-0.2, -0.15) is 0 Å². The van der Waals surface area contributed by atoms with Crippen LogP contribution in [0, 0.1) is 11.8 Å². The normalized spacial score (nSPS) is 34.3. The van der Waals surface area contributed by atoms with Gasteiger partial charge in [-0.3, -0.25) is 9.69 Å². The fourth-order valence-corrected chi connectivity index (χ4v) is 5.14. The maximum Gasteiger partial charge on any atom is 0.239 e. The molecule has 1 aromatic rings. The molecule has 0 spiro atoms. The Morgan fingerprint density at radius 1 is 1.32 bits per heavy atom. The van der Waals surface area contributed by atoms with Crippen LogP contribution in [0.5, 0.6) is 5.75 Å². The second kappa shape index (κ2) is 5.71. The molecule has 4 unspecified atom stereocenters. The molecule has 4 atom stereocenters. The van der Waals surface area contributed by atoms with E-state index in [4.69, 9.17) is 10.5 Å². The number of ether oxygens (including phenoxy) is 1. The summed E-state index contributed by atoms with van der Waals surface area (Å²) in [5.41, 5.74) is 6.40. The van der Waals surface area contributed by atoms with Crippen LogP contribution in [0.4, 0.5) is 0 Å². The number of carbonyl (C=O) groups is 1. The van der Waals surface area contributed by atoms with Gasteiger partial charge in [0.15, 0.2) is 0 Å². The molecular formula is C20H29N3O2. The number of amides is 1. The number of primary amides is 1. The van der Waals surface area contributed by atoms with E-state index in [2.05, 4.69) is 43.1 Å². The lowest BCUT2D eigenvalue weighted by Gasteiger charge is -2.51. The number of hydrogen-bond donors (Lipinski definition) is 2. The van der Waals surface area contributed by atoms with Crippen LogP contribution < -0.4 is 15.8 Å². The van der Waals surface area contributed by atoms with Gasteiger partial charge in [0.05, 0.1) is 0 Å². The lowest BCUT2D eigenvalue weighted by molar-refractivity contribution is -0.131. The Morgan fingerprint density at radius 3 is 2.64 bits per heavy atom. The smallest absolute Gasteiger partial charge is 0.239 e. The van der Waals surface area contributed by atoms with Crippen molar-refractivity contribution in [3.05, 3.63) is 29.8 Å². The van der Waals surface area contributed by atoms with Crippen LogP contribution in [0.2, 0.25) is 0 Å². The van der Waals surface area contributed by atoms with E-state index in [1.807, 2.05) is 12.1 Å². The van der Waals surface area contributed by atoms with Gasteiger partial charge < -0.3 is 15.8 Å². The summed E-state index contributed by atoms with van der Waals surface area (Å²) < 4.78 is 5.90. The maximum atomic E-state index is 12.3. The molecule has 5 nitrogen and oxygen atoms in total. The van der Waals surface area contributed by atoms with Crippen LogP contribution in [-0.2, 0) is 11.3 Å². The van der Waals surface area contributed by atoms with Crippen molar-refractivity contribution in [3.8, 4) is 5.75 Å². The number of benzene rings is 1. The second-order valence-electron chi connectivity index (χ2n) is 8.95. The third-order valence-electron chi connectivity index (χ3n) is 6.06. The summed E-state index contributed by atoms with van der Waals surface area (Å²) in [5.74, 6) is 1.76. The Morgan fingerprint density at radius 2 is 2.04 bits per heavy atom. The summed E-state index contributed by atoms with van der Waals surface area (Å²) in [5, 5.41) is 3.51. The van der Waals surface area contributed by atoms with Crippen molar-refractivity contribution >= 4 is 5.91 Å². The summed E-state index contributed by atoms with van der Waals surface area (Å²) >= 11 is 0. The zero-order chi connectivity index (χ0) is 17.8. The lowest BCUT2D eigenvalue weighted by Crippen LogP contribution is -2.72.